The van der Waals surface area contributed by atoms with E-state index in [1.807, 2.05) is 18.2 Å². The number of furan rings is 1. The molecule has 1 aromatic heterocycles. The second-order valence-corrected chi connectivity index (χ2v) is 8.28. The lowest BCUT2D eigenvalue weighted by Gasteiger charge is -2.10. The molecule has 0 saturated carbocycles. The summed E-state index contributed by atoms with van der Waals surface area (Å²) < 4.78 is 28.6. The molecule has 2 aromatic carbocycles. The molecular formula is C22H22ClNO5S. The molecule has 0 spiro atoms. The van der Waals surface area contributed by atoms with Crippen molar-refractivity contribution in [1.29, 1.82) is 0 Å². The minimum atomic E-state index is -1.29. The highest BCUT2D eigenvalue weighted by Crippen LogP contribution is 2.24. The molecule has 0 unspecified atom stereocenters. The summed E-state index contributed by atoms with van der Waals surface area (Å²) in [7, 11) is 1.91. The number of ether oxygens (including phenoxy) is 2. The van der Waals surface area contributed by atoms with Gasteiger partial charge < -0.3 is 19.2 Å². The maximum Gasteiger partial charge on any atom is 0.287 e. The largest absolute Gasteiger partial charge is 0.497 e. The number of carbonyl (C=O) groups excluding carboxylic acids is 1. The molecule has 3 aromatic rings. The molecule has 8 heteroatoms. The van der Waals surface area contributed by atoms with Crippen LogP contribution in [0.2, 0.25) is 5.02 Å². The number of nitrogens with one attached hydrogen (secondary N) is 1. The van der Waals surface area contributed by atoms with Gasteiger partial charge in [0.1, 0.15) is 17.3 Å². The third-order valence-electron chi connectivity index (χ3n) is 4.40. The average molecular weight is 448 g/mol. The number of hydrogen-bond donors (Lipinski definition) is 1. The topological polar surface area (TPSA) is 77.8 Å². The van der Waals surface area contributed by atoms with Gasteiger partial charge >= 0.3 is 0 Å². The Kier molecular flexibility index (Phi) is 7.54. The maximum absolute atomic E-state index is 12.4. The van der Waals surface area contributed by atoms with Crippen LogP contribution in [0.5, 0.6) is 11.5 Å². The van der Waals surface area contributed by atoms with Crippen LogP contribution < -0.4 is 14.8 Å². The minimum absolute atomic E-state index is 0.177. The van der Waals surface area contributed by atoms with Gasteiger partial charge in [0.05, 0.1) is 30.8 Å². The molecule has 0 aliphatic heterocycles. The summed E-state index contributed by atoms with van der Waals surface area (Å²) in [5, 5.41) is 3.40. The molecule has 6 nitrogen and oxygen atoms in total. The summed E-state index contributed by atoms with van der Waals surface area (Å²) in [6.45, 7) is 0.398. The van der Waals surface area contributed by atoms with Crippen LogP contribution >= 0.6 is 11.6 Å². The van der Waals surface area contributed by atoms with Gasteiger partial charge in [-0.3, -0.25) is 9.00 Å². The van der Waals surface area contributed by atoms with Crippen LogP contribution in [0.25, 0.3) is 0 Å². The predicted molar refractivity (Wildman–Crippen MR) is 116 cm³/mol. The summed E-state index contributed by atoms with van der Waals surface area (Å²) >= 11 is 5.85. The molecule has 1 N–H and O–H groups in total. The first-order chi connectivity index (χ1) is 14.5. The highest BCUT2D eigenvalue weighted by Gasteiger charge is 2.14. The van der Waals surface area contributed by atoms with Crippen molar-refractivity contribution >= 4 is 28.3 Å². The van der Waals surface area contributed by atoms with E-state index in [2.05, 4.69) is 5.32 Å². The van der Waals surface area contributed by atoms with Gasteiger partial charge in [-0.1, -0.05) is 11.6 Å². The van der Waals surface area contributed by atoms with Crippen LogP contribution in [0.1, 0.15) is 21.9 Å². The number of rotatable bonds is 9. The highest BCUT2D eigenvalue weighted by molar-refractivity contribution is 7.84. The Bertz CT molecular complexity index is 1030. The molecule has 0 saturated heterocycles. The fraction of sp³-hybridized carbons (Fsp3) is 0.227. The van der Waals surface area contributed by atoms with Crippen molar-refractivity contribution in [1.82, 2.24) is 5.32 Å². The molecule has 158 valence electrons. The zero-order valence-corrected chi connectivity index (χ0v) is 18.2. The van der Waals surface area contributed by atoms with Gasteiger partial charge in [0, 0.05) is 16.5 Å². The van der Waals surface area contributed by atoms with Crippen LogP contribution in [-0.4, -0.2) is 30.9 Å². The van der Waals surface area contributed by atoms with Crippen molar-refractivity contribution in [3.8, 4) is 11.5 Å². The Morgan fingerprint density at radius 2 is 1.83 bits per heavy atom. The zero-order valence-electron chi connectivity index (χ0n) is 16.6. The van der Waals surface area contributed by atoms with E-state index in [-0.39, 0.29) is 17.4 Å². The maximum atomic E-state index is 12.4. The summed E-state index contributed by atoms with van der Waals surface area (Å²) in [5.74, 6) is 1.95. The number of halogens is 1. The molecule has 1 heterocycles. The first-order valence-corrected chi connectivity index (χ1v) is 10.9. The summed E-state index contributed by atoms with van der Waals surface area (Å²) in [5.41, 5.74) is 0.927. The number of amides is 1. The number of carbonyl (C=O) groups is 1. The van der Waals surface area contributed by atoms with E-state index in [9.17, 15) is 9.00 Å². The summed E-state index contributed by atoms with van der Waals surface area (Å²) in [6.07, 6.45) is 0.570. The fourth-order valence-electron chi connectivity index (χ4n) is 2.85. The van der Waals surface area contributed by atoms with Crippen LogP contribution in [0, 0.1) is 0 Å². The lowest BCUT2D eigenvalue weighted by atomic mass is 10.1. The van der Waals surface area contributed by atoms with Crippen LogP contribution in [0.3, 0.4) is 0 Å². The minimum Gasteiger partial charge on any atom is -0.497 e. The van der Waals surface area contributed by atoms with E-state index in [4.69, 9.17) is 25.5 Å². The second kappa shape index (κ2) is 10.3. The molecular weight excluding hydrogens is 426 g/mol. The van der Waals surface area contributed by atoms with E-state index in [0.29, 0.717) is 28.6 Å². The molecule has 0 radical (unpaired) electrons. The van der Waals surface area contributed by atoms with Gasteiger partial charge in [0.2, 0.25) is 0 Å². The van der Waals surface area contributed by atoms with Gasteiger partial charge in [-0.05, 0) is 66.6 Å². The summed E-state index contributed by atoms with van der Waals surface area (Å²) in [6, 6.07) is 15.6. The van der Waals surface area contributed by atoms with Crippen molar-refractivity contribution in [2.24, 2.45) is 0 Å². The Labute approximate surface area is 182 Å². The highest BCUT2D eigenvalue weighted by atomic mass is 35.5. The Morgan fingerprint density at radius 1 is 1.07 bits per heavy atom. The van der Waals surface area contributed by atoms with Crippen molar-refractivity contribution in [3.05, 3.63) is 76.7 Å². The van der Waals surface area contributed by atoms with Crippen LogP contribution in [0.15, 0.2) is 63.9 Å². The SMILES string of the molecule is COc1ccc(OC)c(CCNC(=O)c2ccc(C[S@](=O)c3ccc(Cl)cc3)o2)c1. The van der Waals surface area contributed by atoms with E-state index in [1.165, 1.54) is 0 Å². The van der Waals surface area contributed by atoms with Crippen LogP contribution in [0.4, 0.5) is 0 Å². The third kappa shape index (κ3) is 5.64. The van der Waals surface area contributed by atoms with Crippen LogP contribution in [-0.2, 0) is 23.0 Å². The van der Waals surface area contributed by atoms with Gasteiger partial charge in [0.15, 0.2) is 5.76 Å². The standard InChI is InChI=1S/C22H22ClNO5S/c1-27-17-5-9-20(28-2)15(13-17)11-12-24-22(25)21-10-6-18(29-21)14-30(26)19-7-3-16(23)4-8-19/h3-10,13H,11-12,14H2,1-2H3,(H,24,25)/t30-/m0/s1. The van der Waals surface area contributed by atoms with Gasteiger partial charge in [0.25, 0.3) is 5.91 Å². The number of benzene rings is 2. The molecule has 30 heavy (non-hydrogen) atoms. The second-order valence-electron chi connectivity index (χ2n) is 6.39. The average Bonchev–Trinajstić information content (AvgIpc) is 3.22. The number of hydrogen-bond acceptors (Lipinski definition) is 5. The normalized spacial score (nSPS) is 11.7. The Balaban J connectivity index is 1.55. The van der Waals surface area contributed by atoms with Crippen molar-refractivity contribution in [2.75, 3.05) is 20.8 Å². The molecule has 0 fully saturated rings. The predicted octanol–water partition coefficient (Wildman–Crippen LogP) is 4.23. The van der Waals surface area contributed by atoms with Crippen molar-refractivity contribution < 1.29 is 22.9 Å². The monoisotopic (exact) mass is 447 g/mol. The van der Waals surface area contributed by atoms with E-state index in [1.54, 1.807) is 50.6 Å². The van der Waals surface area contributed by atoms with Gasteiger partial charge in [-0.25, -0.2) is 0 Å². The number of methoxy groups -OCH3 is 2. The molecule has 0 aliphatic rings. The van der Waals surface area contributed by atoms with Crippen molar-refractivity contribution in [3.63, 3.8) is 0 Å². The first-order valence-electron chi connectivity index (χ1n) is 9.22. The fourth-order valence-corrected chi connectivity index (χ4v) is 4.00. The van der Waals surface area contributed by atoms with E-state index >= 15 is 0 Å². The smallest absolute Gasteiger partial charge is 0.287 e. The zero-order chi connectivity index (χ0) is 21.5. The third-order valence-corrected chi connectivity index (χ3v) is 6.00. The van der Waals surface area contributed by atoms with E-state index in [0.717, 1.165) is 17.1 Å². The Morgan fingerprint density at radius 3 is 2.53 bits per heavy atom. The first kappa shape index (κ1) is 21.9. The lowest BCUT2D eigenvalue weighted by molar-refractivity contribution is 0.0925. The quantitative estimate of drug-likeness (QED) is 0.531. The van der Waals surface area contributed by atoms with Gasteiger partial charge in [-0.2, -0.15) is 0 Å². The van der Waals surface area contributed by atoms with E-state index < -0.39 is 10.8 Å². The molecule has 0 bridgehead atoms. The molecule has 0 aliphatic carbocycles. The molecule has 3 rings (SSSR count). The molecule has 1 amide bonds. The molecule has 1 atom stereocenters. The van der Waals surface area contributed by atoms with Gasteiger partial charge in [-0.15, -0.1) is 0 Å². The van der Waals surface area contributed by atoms with Crippen molar-refractivity contribution in [2.45, 2.75) is 17.1 Å². The lowest BCUT2D eigenvalue weighted by Crippen LogP contribution is -2.25. The summed E-state index contributed by atoms with van der Waals surface area (Å²) in [4.78, 5) is 13.0. The Hall–Kier alpha value is -2.77.